The lowest BCUT2D eigenvalue weighted by Gasteiger charge is -2.34. The summed E-state index contributed by atoms with van der Waals surface area (Å²) >= 11 is 0. The minimum Gasteiger partial charge on any atom is -0.479 e. The molecule has 0 aromatic rings. The molecule has 1 N–H and O–H groups in total. The quantitative estimate of drug-likeness (QED) is 0.858. The number of carboxylic acids is 1. The summed E-state index contributed by atoms with van der Waals surface area (Å²) in [4.78, 5) is 12.5. The summed E-state index contributed by atoms with van der Waals surface area (Å²) in [5.41, 5.74) is 0. The molecule has 0 aromatic heterocycles. The first-order chi connectivity index (χ1) is 8.86. The Balaban J connectivity index is 1.82. The van der Waals surface area contributed by atoms with Crippen LogP contribution in [0.15, 0.2) is 0 Å². The van der Waals surface area contributed by atoms with Gasteiger partial charge in [0.2, 0.25) is 0 Å². The molecule has 3 unspecified atom stereocenters. The van der Waals surface area contributed by atoms with Gasteiger partial charge in [0, 0.05) is 13.1 Å². The van der Waals surface area contributed by atoms with E-state index in [9.17, 15) is 18.0 Å². The van der Waals surface area contributed by atoms with Crippen LogP contribution >= 0.6 is 0 Å². The lowest BCUT2D eigenvalue weighted by atomic mass is 9.97. The molecule has 0 bridgehead atoms. The van der Waals surface area contributed by atoms with Crippen molar-refractivity contribution in [3.05, 3.63) is 0 Å². The molecule has 0 saturated carbocycles. The van der Waals surface area contributed by atoms with Crippen LogP contribution < -0.4 is 0 Å². The van der Waals surface area contributed by atoms with Crippen molar-refractivity contribution in [2.45, 2.75) is 44.1 Å². The molecule has 2 aliphatic rings. The van der Waals surface area contributed by atoms with Crippen LogP contribution in [0.2, 0.25) is 0 Å². The van der Waals surface area contributed by atoms with Crippen LogP contribution in [0.4, 0.5) is 13.2 Å². The molecule has 3 atom stereocenters. The van der Waals surface area contributed by atoms with E-state index in [1.165, 1.54) is 0 Å². The van der Waals surface area contributed by atoms with Crippen molar-refractivity contribution in [1.29, 1.82) is 0 Å². The zero-order valence-electron chi connectivity index (χ0n) is 10.5. The van der Waals surface area contributed by atoms with E-state index in [4.69, 9.17) is 9.84 Å². The SMILES string of the molecule is O=C(O)C1CCC(CN2CCCC(C(F)(F)F)C2)O1. The molecule has 0 aromatic carbocycles. The highest BCUT2D eigenvalue weighted by molar-refractivity contribution is 5.72. The maximum Gasteiger partial charge on any atom is 0.393 e. The van der Waals surface area contributed by atoms with Gasteiger partial charge in [-0.05, 0) is 32.2 Å². The second-order valence-electron chi connectivity index (χ2n) is 5.30. The molecule has 19 heavy (non-hydrogen) atoms. The first-order valence-corrected chi connectivity index (χ1v) is 6.53. The maximum atomic E-state index is 12.7. The summed E-state index contributed by atoms with van der Waals surface area (Å²) in [7, 11) is 0. The van der Waals surface area contributed by atoms with Crippen molar-refractivity contribution in [3.8, 4) is 0 Å². The third kappa shape index (κ3) is 3.82. The van der Waals surface area contributed by atoms with Crippen LogP contribution in [-0.2, 0) is 9.53 Å². The Morgan fingerprint density at radius 2 is 2.05 bits per heavy atom. The predicted molar refractivity (Wildman–Crippen MR) is 60.7 cm³/mol. The minimum atomic E-state index is -4.14. The van der Waals surface area contributed by atoms with E-state index < -0.39 is 24.2 Å². The average molecular weight is 281 g/mol. The van der Waals surface area contributed by atoms with Gasteiger partial charge < -0.3 is 14.7 Å². The molecule has 110 valence electrons. The van der Waals surface area contributed by atoms with E-state index in [0.717, 1.165) is 0 Å². The second kappa shape index (κ2) is 5.66. The number of carboxylic acid groups (broad SMARTS) is 1. The average Bonchev–Trinajstić information content (AvgIpc) is 2.77. The number of piperidine rings is 1. The highest BCUT2D eigenvalue weighted by Crippen LogP contribution is 2.33. The van der Waals surface area contributed by atoms with Gasteiger partial charge in [-0.3, -0.25) is 0 Å². The van der Waals surface area contributed by atoms with Crippen molar-refractivity contribution in [2.75, 3.05) is 19.6 Å². The molecule has 0 spiro atoms. The van der Waals surface area contributed by atoms with E-state index in [-0.39, 0.29) is 19.1 Å². The molecule has 2 rings (SSSR count). The number of rotatable bonds is 3. The summed E-state index contributed by atoms with van der Waals surface area (Å²) in [5, 5.41) is 8.80. The summed E-state index contributed by atoms with van der Waals surface area (Å²) in [6.45, 7) is 1.03. The van der Waals surface area contributed by atoms with Gasteiger partial charge in [0.1, 0.15) is 0 Å². The zero-order valence-corrected chi connectivity index (χ0v) is 10.5. The molecule has 4 nitrogen and oxygen atoms in total. The number of ether oxygens (including phenoxy) is 1. The number of likely N-dealkylation sites (tertiary alicyclic amines) is 1. The van der Waals surface area contributed by atoms with E-state index in [1.807, 2.05) is 0 Å². The Morgan fingerprint density at radius 3 is 2.63 bits per heavy atom. The van der Waals surface area contributed by atoms with Gasteiger partial charge in [0.15, 0.2) is 6.10 Å². The van der Waals surface area contributed by atoms with Crippen molar-refractivity contribution in [3.63, 3.8) is 0 Å². The summed E-state index contributed by atoms with van der Waals surface area (Å²) in [6.07, 6.45) is -3.44. The van der Waals surface area contributed by atoms with Gasteiger partial charge in [-0.2, -0.15) is 13.2 Å². The van der Waals surface area contributed by atoms with Gasteiger partial charge in [-0.1, -0.05) is 0 Å². The topological polar surface area (TPSA) is 49.8 Å². The molecule has 2 heterocycles. The van der Waals surface area contributed by atoms with E-state index in [0.29, 0.717) is 32.4 Å². The van der Waals surface area contributed by atoms with Gasteiger partial charge in [-0.15, -0.1) is 0 Å². The fourth-order valence-electron chi connectivity index (χ4n) is 2.80. The van der Waals surface area contributed by atoms with E-state index in [1.54, 1.807) is 4.90 Å². The fraction of sp³-hybridized carbons (Fsp3) is 0.917. The highest BCUT2D eigenvalue weighted by atomic mass is 19.4. The Bertz CT molecular complexity index is 335. The summed E-state index contributed by atoms with van der Waals surface area (Å²) in [6, 6.07) is 0. The minimum absolute atomic E-state index is 0.00109. The van der Waals surface area contributed by atoms with Crippen molar-refractivity contribution >= 4 is 5.97 Å². The molecule has 0 radical (unpaired) electrons. The first kappa shape index (κ1) is 14.6. The molecule has 0 amide bonds. The van der Waals surface area contributed by atoms with Gasteiger partial charge in [0.05, 0.1) is 12.0 Å². The van der Waals surface area contributed by atoms with Crippen LogP contribution in [0.3, 0.4) is 0 Å². The summed E-state index contributed by atoms with van der Waals surface area (Å²) in [5.74, 6) is -2.26. The maximum absolute atomic E-state index is 12.7. The van der Waals surface area contributed by atoms with Gasteiger partial charge in [0.25, 0.3) is 0 Å². The second-order valence-corrected chi connectivity index (χ2v) is 5.30. The molecule has 0 aliphatic carbocycles. The third-order valence-corrected chi connectivity index (χ3v) is 3.81. The third-order valence-electron chi connectivity index (χ3n) is 3.81. The Hall–Kier alpha value is -0.820. The van der Waals surface area contributed by atoms with Crippen molar-refractivity contribution in [1.82, 2.24) is 4.90 Å². The number of halogens is 3. The number of aliphatic carboxylic acids is 1. The highest BCUT2D eigenvalue weighted by Gasteiger charge is 2.42. The lowest BCUT2D eigenvalue weighted by Crippen LogP contribution is -2.44. The number of carbonyl (C=O) groups is 1. The van der Waals surface area contributed by atoms with E-state index in [2.05, 4.69) is 0 Å². The molecular weight excluding hydrogens is 263 g/mol. The fourth-order valence-corrected chi connectivity index (χ4v) is 2.80. The smallest absolute Gasteiger partial charge is 0.393 e. The monoisotopic (exact) mass is 281 g/mol. The molecule has 2 fully saturated rings. The van der Waals surface area contributed by atoms with Crippen molar-refractivity contribution in [2.24, 2.45) is 5.92 Å². The number of nitrogens with zero attached hydrogens (tertiary/aromatic N) is 1. The number of alkyl halides is 3. The Kier molecular flexibility index (Phi) is 4.35. The molecule has 7 heteroatoms. The van der Waals surface area contributed by atoms with Gasteiger partial charge in [-0.25, -0.2) is 4.79 Å². The molecule has 2 aliphatic heterocycles. The number of hydrogen-bond acceptors (Lipinski definition) is 3. The zero-order chi connectivity index (χ0) is 14.0. The predicted octanol–water partition coefficient (Wildman–Crippen LogP) is 1.89. The number of hydrogen-bond donors (Lipinski definition) is 1. The standard InChI is InChI=1S/C12H18F3NO3/c13-12(14,15)8-2-1-5-16(6-8)7-9-3-4-10(19-9)11(17)18/h8-10H,1-7H2,(H,17,18). The Labute approximate surface area is 109 Å². The first-order valence-electron chi connectivity index (χ1n) is 6.53. The van der Waals surface area contributed by atoms with Crippen LogP contribution in [-0.4, -0.2) is 54.0 Å². The molecular formula is C12H18F3NO3. The van der Waals surface area contributed by atoms with Gasteiger partial charge >= 0.3 is 12.1 Å². The summed E-state index contributed by atoms with van der Waals surface area (Å²) < 4.78 is 43.3. The Morgan fingerprint density at radius 1 is 1.32 bits per heavy atom. The lowest BCUT2D eigenvalue weighted by molar-refractivity contribution is -0.187. The largest absolute Gasteiger partial charge is 0.479 e. The normalized spacial score (nSPS) is 33.5. The van der Waals surface area contributed by atoms with Crippen LogP contribution in [0, 0.1) is 5.92 Å². The van der Waals surface area contributed by atoms with Crippen molar-refractivity contribution < 1.29 is 27.8 Å². The van der Waals surface area contributed by atoms with Crippen LogP contribution in [0.25, 0.3) is 0 Å². The van der Waals surface area contributed by atoms with Crippen LogP contribution in [0.5, 0.6) is 0 Å². The van der Waals surface area contributed by atoms with E-state index >= 15 is 0 Å². The van der Waals surface area contributed by atoms with Crippen LogP contribution in [0.1, 0.15) is 25.7 Å². The molecule has 2 saturated heterocycles.